The Morgan fingerprint density at radius 1 is 1.12 bits per heavy atom. The second-order valence-electron chi connectivity index (χ2n) is 4.68. The fourth-order valence-corrected chi connectivity index (χ4v) is 2.38. The minimum atomic E-state index is 0.692. The number of nitrogens with one attached hydrogen (secondary N) is 1. The number of benzene rings is 1. The maximum Gasteiger partial charge on any atom is 0.0236 e. The van der Waals surface area contributed by atoms with Crippen LogP contribution in [0.4, 0.5) is 0 Å². The minimum absolute atomic E-state index is 0.692. The normalized spacial score (nSPS) is 11.4. The smallest absolute Gasteiger partial charge is 0.0236 e. The highest BCUT2D eigenvalue weighted by Gasteiger charge is 2.12. The van der Waals surface area contributed by atoms with Crippen LogP contribution >= 0.6 is 0 Å². The lowest BCUT2D eigenvalue weighted by Crippen LogP contribution is -2.30. The molecule has 0 saturated carbocycles. The maximum atomic E-state index is 3.24. The molecule has 0 aliphatic rings. The first-order valence-electron chi connectivity index (χ1n) is 6.64. The van der Waals surface area contributed by atoms with Crippen molar-refractivity contribution in [3.63, 3.8) is 0 Å². The van der Waals surface area contributed by atoms with Crippen molar-refractivity contribution >= 4 is 0 Å². The Hall–Kier alpha value is -0.860. The molecule has 1 aromatic carbocycles. The van der Waals surface area contributed by atoms with Crippen LogP contribution in [0, 0.1) is 0 Å². The van der Waals surface area contributed by atoms with E-state index in [0.717, 1.165) is 13.1 Å². The number of rotatable bonds is 7. The lowest BCUT2D eigenvalue weighted by molar-refractivity contribution is 0.221. The van der Waals surface area contributed by atoms with Gasteiger partial charge in [-0.05, 0) is 38.1 Å². The summed E-state index contributed by atoms with van der Waals surface area (Å²) in [5.41, 5.74) is 2.85. The van der Waals surface area contributed by atoms with Crippen molar-refractivity contribution in [3.05, 3.63) is 35.4 Å². The highest BCUT2D eigenvalue weighted by Crippen LogP contribution is 2.15. The Bertz CT molecular complexity index is 318. The Morgan fingerprint density at radius 3 is 2.24 bits per heavy atom. The average Bonchev–Trinajstić information content (AvgIpc) is 2.33. The zero-order valence-electron chi connectivity index (χ0n) is 11.7. The van der Waals surface area contributed by atoms with E-state index in [4.69, 9.17) is 0 Å². The van der Waals surface area contributed by atoms with Gasteiger partial charge < -0.3 is 5.32 Å². The van der Waals surface area contributed by atoms with Gasteiger partial charge in [-0.2, -0.15) is 0 Å². The molecule has 0 bridgehead atoms. The predicted octanol–water partition coefficient (Wildman–Crippen LogP) is 3.03. The van der Waals surface area contributed by atoms with Gasteiger partial charge in [-0.3, -0.25) is 4.90 Å². The molecular weight excluding hydrogens is 208 g/mol. The van der Waals surface area contributed by atoms with Crippen LogP contribution in [0.15, 0.2) is 24.3 Å². The third kappa shape index (κ3) is 4.14. The maximum absolute atomic E-state index is 3.24. The molecule has 0 aliphatic heterocycles. The highest BCUT2D eigenvalue weighted by molar-refractivity contribution is 5.26. The summed E-state index contributed by atoms with van der Waals surface area (Å²) in [4.78, 5) is 2.47. The Kier molecular flexibility index (Phi) is 6.23. The lowest BCUT2D eigenvalue weighted by Gasteiger charge is -2.27. The molecule has 0 unspecified atom stereocenters. The van der Waals surface area contributed by atoms with Gasteiger partial charge in [0.2, 0.25) is 0 Å². The van der Waals surface area contributed by atoms with Crippen LogP contribution in [0.25, 0.3) is 0 Å². The fourth-order valence-electron chi connectivity index (χ4n) is 2.38. The van der Waals surface area contributed by atoms with Crippen molar-refractivity contribution in [1.82, 2.24) is 10.2 Å². The van der Waals surface area contributed by atoms with Gasteiger partial charge >= 0.3 is 0 Å². The summed E-state index contributed by atoms with van der Waals surface area (Å²) >= 11 is 0. The quantitative estimate of drug-likeness (QED) is 0.780. The third-order valence-electron chi connectivity index (χ3n) is 3.47. The van der Waals surface area contributed by atoms with Gasteiger partial charge in [-0.25, -0.2) is 0 Å². The van der Waals surface area contributed by atoms with Crippen LogP contribution in [0.1, 0.15) is 37.8 Å². The van der Waals surface area contributed by atoms with Crippen LogP contribution < -0.4 is 5.32 Å². The first kappa shape index (κ1) is 14.2. The van der Waals surface area contributed by atoms with E-state index < -0.39 is 0 Å². The van der Waals surface area contributed by atoms with Crippen LogP contribution in [0.3, 0.4) is 0 Å². The van der Waals surface area contributed by atoms with Gasteiger partial charge in [-0.15, -0.1) is 0 Å². The lowest BCUT2D eigenvalue weighted by atomic mass is 10.1. The Morgan fingerprint density at radius 2 is 1.71 bits per heavy atom. The van der Waals surface area contributed by atoms with Gasteiger partial charge in [0.25, 0.3) is 0 Å². The molecule has 0 aromatic heterocycles. The van der Waals surface area contributed by atoms with Gasteiger partial charge in [0.05, 0.1) is 0 Å². The zero-order chi connectivity index (χ0) is 12.7. The van der Waals surface area contributed by atoms with Gasteiger partial charge in [0.1, 0.15) is 0 Å². The molecule has 0 aliphatic carbocycles. The Balaban J connectivity index is 2.72. The third-order valence-corrected chi connectivity index (χ3v) is 3.47. The van der Waals surface area contributed by atoms with Gasteiger partial charge in [-0.1, -0.05) is 38.1 Å². The van der Waals surface area contributed by atoms with Crippen LogP contribution in [0.5, 0.6) is 0 Å². The molecule has 0 saturated heterocycles. The van der Waals surface area contributed by atoms with Crippen molar-refractivity contribution in [3.8, 4) is 0 Å². The summed E-state index contributed by atoms with van der Waals surface area (Å²) in [6, 6.07) is 9.40. The summed E-state index contributed by atoms with van der Waals surface area (Å²) in [6.07, 6.45) is 2.45. The molecule has 0 atom stereocenters. The van der Waals surface area contributed by atoms with E-state index in [0.29, 0.717) is 6.04 Å². The van der Waals surface area contributed by atoms with Crippen LogP contribution in [0.2, 0.25) is 0 Å². The molecule has 2 nitrogen and oxygen atoms in total. The molecule has 1 aromatic rings. The highest BCUT2D eigenvalue weighted by atomic mass is 15.1. The molecule has 2 heteroatoms. The summed E-state index contributed by atoms with van der Waals surface area (Å²) < 4.78 is 0. The molecule has 0 radical (unpaired) electrons. The van der Waals surface area contributed by atoms with Crippen molar-refractivity contribution in [2.24, 2.45) is 0 Å². The largest absolute Gasteiger partial charge is 0.316 e. The SMILES string of the molecule is CCC(CC)N(C)Cc1ccccc1CNC. The van der Waals surface area contributed by atoms with E-state index in [1.807, 2.05) is 7.05 Å². The standard InChI is InChI=1S/C15H26N2/c1-5-15(6-2)17(4)12-14-10-8-7-9-13(14)11-16-3/h7-10,15-16H,5-6,11-12H2,1-4H3. The first-order valence-corrected chi connectivity index (χ1v) is 6.64. The predicted molar refractivity (Wildman–Crippen MR) is 75.0 cm³/mol. The molecule has 0 amide bonds. The van der Waals surface area contributed by atoms with Crippen molar-refractivity contribution in [2.75, 3.05) is 14.1 Å². The summed E-state index contributed by atoms with van der Waals surface area (Å²) in [6.45, 7) is 6.53. The second-order valence-corrected chi connectivity index (χ2v) is 4.68. The molecule has 17 heavy (non-hydrogen) atoms. The molecule has 1 N–H and O–H groups in total. The van der Waals surface area contributed by atoms with Crippen molar-refractivity contribution < 1.29 is 0 Å². The fraction of sp³-hybridized carbons (Fsp3) is 0.600. The van der Waals surface area contributed by atoms with Gasteiger partial charge in [0.15, 0.2) is 0 Å². The first-order chi connectivity index (χ1) is 8.22. The molecule has 1 rings (SSSR count). The summed E-state index contributed by atoms with van der Waals surface area (Å²) in [5, 5.41) is 3.24. The number of hydrogen-bond acceptors (Lipinski definition) is 2. The topological polar surface area (TPSA) is 15.3 Å². The van der Waals surface area contributed by atoms with E-state index in [9.17, 15) is 0 Å². The van der Waals surface area contributed by atoms with Crippen molar-refractivity contribution in [1.29, 1.82) is 0 Å². The molecule has 0 heterocycles. The average molecular weight is 234 g/mol. The van der Waals surface area contributed by atoms with Crippen molar-refractivity contribution in [2.45, 2.75) is 45.8 Å². The minimum Gasteiger partial charge on any atom is -0.316 e. The van der Waals surface area contributed by atoms with Crippen LogP contribution in [-0.2, 0) is 13.1 Å². The molecular formula is C15H26N2. The number of nitrogens with zero attached hydrogens (tertiary/aromatic N) is 1. The van der Waals surface area contributed by atoms with Crippen LogP contribution in [-0.4, -0.2) is 25.0 Å². The van der Waals surface area contributed by atoms with E-state index in [-0.39, 0.29) is 0 Å². The zero-order valence-corrected chi connectivity index (χ0v) is 11.7. The van der Waals surface area contributed by atoms with E-state index in [1.165, 1.54) is 24.0 Å². The Labute approximate surface area is 106 Å². The van der Waals surface area contributed by atoms with E-state index in [1.54, 1.807) is 0 Å². The summed E-state index contributed by atoms with van der Waals surface area (Å²) in [7, 11) is 4.23. The molecule has 0 fully saturated rings. The van der Waals surface area contributed by atoms with E-state index in [2.05, 4.69) is 55.4 Å². The van der Waals surface area contributed by atoms with Gasteiger partial charge in [0, 0.05) is 19.1 Å². The summed E-state index contributed by atoms with van der Waals surface area (Å²) in [5.74, 6) is 0. The molecule has 0 spiro atoms. The number of hydrogen-bond donors (Lipinski definition) is 1. The monoisotopic (exact) mass is 234 g/mol. The molecule has 96 valence electrons. The van der Waals surface area contributed by atoms with E-state index >= 15 is 0 Å². The second kappa shape index (κ2) is 7.46.